The van der Waals surface area contributed by atoms with Gasteiger partial charge in [-0.1, -0.05) is 0 Å². The molecule has 3 heterocycles. The van der Waals surface area contributed by atoms with Crippen LogP contribution in [0, 0.1) is 6.92 Å². The number of fused-ring (bicyclic) bond motifs is 1. The minimum Gasteiger partial charge on any atom is -0.368 e. The van der Waals surface area contributed by atoms with Crippen molar-refractivity contribution < 1.29 is 4.79 Å². The van der Waals surface area contributed by atoms with Crippen molar-refractivity contribution in [2.45, 2.75) is 27.3 Å². The minimum absolute atomic E-state index is 0.158. The molecule has 1 saturated heterocycles. The Labute approximate surface area is 159 Å². The van der Waals surface area contributed by atoms with Crippen molar-refractivity contribution in [1.29, 1.82) is 0 Å². The van der Waals surface area contributed by atoms with Crippen molar-refractivity contribution in [3.63, 3.8) is 0 Å². The summed E-state index contributed by atoms with van der Waals surface area (Å²) in [6, 6.07) is 8.57. The van der Waals surface area contributed by atoms with Gasteiger partial charge in [-0.2, -0.15) is 0 Å². The van der Waals surface area contributed by atoms with Crippen LogP contribution < -0.4 is 4.90 Å². The van der Waals surface area contributed by atoms with E-state index < -0.39 is 0 Å². The number of pyridine rings is 1. The number of aryl methyl sites for hydroxylation is 2. The molecular formula is C21H25N5O. The number of carbonyl (C=O) groups excluding carboxylic acids is 1. The van der Waals surface area contributed by atoms with E-state index in [4.69, 9.17) is 4.98 Å². The second kappa shape index (κ2) is 7.02. The van der Waals surface area contributed by atoms with E-state index in [2.05, 4.69) is 52.6 Å². The quantitative estimate of drug-likeness (QED) is 0.718. The van der Waals surface area contributed by atoms with E-state index in [9.17, 15) is 4.79 Å². The van der Waals surface area contributed by atoms with Crippen LogP contribution in [0.3, 0.4) is 0 Å². The summed E-state index contributed by atoms with van der Waals surface area (Å²) in [5.41, 5.74) is 4.29. The topological polar surface area (TPSA) is 54.3 Å². The second-order valence-electron chi connectivity index (χ2n) is 7.06. The fourth-order valence-corrected chi connectivity index (χ4v) is 3.77. The van der Waals surface area contributed by atoms with Gasteiger partial charge in [0, 0.05) is 63.1 Å². The predicted octanol–water partition coefficient (Wildman–Crippen LogP) is 3.10. The van der Waals surface area contributed by atoms with Gasteiger partial charge in [0.05, 0.1) is 5.52 Å². The summed E-state index contributed by atoms with van der Waals surface area (Å²) in [4.78, 5) is 25.1. The van der Waals surface area contributed by atoms with E-state index in [1.807, 2.05) is 17.3 Å². The van der Waals surface area contributed by atoms with Gasteiger partial charge in [-0.25, -0.2) is 9.97 Å². The lowest BCUT2D eigenvalue weighted by Gasteiger charge is -2.35. The van der Waals surface area contributed by atoms with E-state index in [0.717, 1.165) is 49.8 Å². The van der Waals surface area contributed by atoms with Crippen LogP contribution in [0.2, 0.25) is 0 Å². The second-order valence-corrected chi connectivity index (χ2v) is 7.06. The van der Waals surface area contributed by atoms with E-state index in [1.165, 1.54) is 16.6 Å². The van der Waals surface area contributed by atoms with E-state index in [-0.39, 0.29) is 5.91 Å². The summed E-state index contributed by atoms with van der Waals surface area (Å²) in [5, 5.41) is 1.17. The standard InChI is InChI=1S/C21H25N5O/c1-4-24-8-7-22-21(24)20-13-15(2)18-14-17(5-6-19(18)23-20)26-11-9-25(10-12-26)16(3)27/h5-8,13-14H,4,9-12H2,1-3H3. The van der Waals surface area contributed by atoms with Crippen LogP contribution in [0.25, 0.3) is 22.4 Å². The summed E-state index contributed by atoms with van der Waals surface area (Å²) >= 11 is 0. The number of benzene rings is 1. The first-order chi connectivity index (χ1) is 13.1. The largest absolute Gasteiger partial charge is 0.368 e. The number of carbonyl (C=O) groups is 1. The van der Waals surface area contributed by atoms with Gasteiger partial charge in [0.1, 0.15) is 5.69 Å². The minimum atomic E-state index is 0.158. The SMILES string of the molecule is CCn1ccnc1-c1cc(C)c2cc(N3CCN(C(C)=O)CC3)ccc2n1. The van der Waals surface area contributed by atoms with Crippen molar-refractivity contribution in [3.05, 3.63) is 42.2 Å². The van der Waals surface area contributed by atoms with Crippen LogP contribution in [0.15, 0.2) is 36.7 Å². The first-order valence-corrected chi connectivity index (χ1v) is 9.50. The molecule has 0 unspecified atom stereocenters. The van der Waals surface area contributed by atoms with Gasteiger partial charge in [0.15, 0.2) is 5.82 Å². The molecule has 1 aliphatic heterocycles. The normalized spacial score (nSPS) is 14.8. The number of anilines is 1. The van der Waals surface area contributed by atoms with E-state index >= 15 is 0 Å². The Morgan fingerprint density at radius 3 is 2.63 bits per heavy atom. The molecule has 0 saturated carbocycles. The van der Waals surface area contributed by atoms with Crippen LogP contribution in [-0.4, -0.2) is 51.5 Å². The fraction of sp³-hybridized carbons (Fsp3) is 0.381. The molecular weight excluding hydrogens is 338 g/mol. The van der Waals surface area contributed by atoms with Gasteiger partial charge in [-0.15, -0.1) is 0 Å². The number of amides is 1. The molecule has 6 heteroatoms. The average molecular weight is 363 g/mol. The molecule has 1 aromatic carbocycles. The number of nitrogens with zero attached hydrogens (tertiary/aromatic N) is 5. The summed E-state index contributed by atoms with van der Waals surface area (Å²) < 4.78 is 2.11. The highest BCUT2D eigenvalue weighted by Crippen LogP contribution is 2.28. The third-order valence-corrected chi connectivity index (χ3v) is 5.37. The van der Waals surface area contributed by atoms with Crippen LogP contribution in [-0.2, 0) is 11.3 Å². The Kier molecular flexibility index (Phi) is 4.56. The van der Waals surface area contributed by atoms with Crippen LogP contribution in [0.4, 0.5) is 5.69 Å². The molecule has 0 spiro atoms. The Bertz CT molecular complexity index is 985. The van der Waals surface area contributed by atoms with Crippen molar-refractivity contribution in [1.82, 2.24) is 19.4 Å². The van der Waals surface area contributed by atoms with Gasteiger partial charge < -0.3 is 14.4 Å². The molecule has 27 heavy (non-hydrogen) atoms. The number of piperazine rings is 1. The molecule has 1 amide bonds. The third-order valence-electron chi connectivity index (χ3n) is 5.37. The Morgan fingerprint density at radius 2 is 1.93 bits per heavy atom. The molecule has 1 fully saturated rings. The van der Waals surface area contributed by atoms with E-state index in [0.29, 0.717) is 0 Å². The molecule has 0 radical (unpaired) electrons. The van der Waals surface area contributed by atoms with Crippen LogP contribution in [0.1, 0.15) is 19.4 Å². The summed E-state index contributed by atoms with van der Waals surface area (Å²) in [5.74, 6) is 1.07. The lowest BCUT2D eigenvalue weighted by atomic mass is 10.1. The molecule has 140 valence electrons. The smallest absolute Gasteiger partial charge is 0.219 e. The van der Waals surface area contributed by atoms with Gasteiger partial charge in [0.2, 0.25) is 5.91 Å². The monoisotopic (exact) mass is 363 g/mol. The first-order valence-electron chi connectivity index (χ1n) is 9.50. The predicted molar refractivity (Wildman–Crippen MR) is 108 cm³/mol. The number of rotatable bonds is 3. The van der Waals surface area contributed by atoms with Crippen molar-refractivity contribution in [3.8, 4) is 11.5 Å². The summed E-state index contributed by atoms with van der Waals surface area (Å²) in [6.07, 6.45) is 3.81. The van der Waals surface area contributed by atoms with Gasteiger partial charge in [0.25, 0.3) is 0 Å². The van der Waals surface area contributed by atoms with Crippen LogP contribution in [0.5, 0.6) is 0 Å². The molecule has 0 atom stereocenters. The third kappa shape index (κ3) is 3.27. The number of hydrogen-bond acceptors (Lipinski definition) is 4. The summed E-state index contributed by atoms with van der Waals surface area (Å²) in [6.45, 7) is 10.0. The van der Waals surface area contributed by atoms with E-state index in [1.54, 1.807) is 6.92 Å². The maximum atomic E-state index is 11.5. The molecule has 0 bridgehead atoms. The number of aromatic nitrogens is 3. The highest BCUT2D eigenvalue weighted by molar-refractivity contribution is 5.87. The maximum Gasteiger partial charge on any atom is 0.219 e. The Balaban J connectivity index is 1.65. The van der Waals surface area contributed by atoms with Crippen molar-refractivity contribution in [2.24, 2.45) is 0 Å². The van der Waals surface area contributed by atoms with Gasteiger partial charge in [-0.3, -0.25) is 4.79 Å². The number of hydrogen-bond donors (Lipinski definition) is 0. The van der Waals surface area contributed by atoms with Gasteiger partial charge >= 0.3 is 0 Å². The molecule has 0 N–H and O–H groups in total. The zero-order valence-corrected chi connectivity index (χ0v) is 16.1. The number of imidazole rings is 1. The highest BCUT2D eigenvalue weighted by atomic mass is 16.2. The first kappa shape index (κ1) is 17.5. The Hall–Kier alpha value is -2.89. The lowest BCUT2D eigenvalue weighted by molar-refractivity contribution is -0.129. The molecule has 3 aromatic rings. The lowest BCUT2D eigenvalue weighted by Crippen LogP contribution is -2.48. The molecule has 1 aliphatic rings. The molecule has 0 aliphatic carbocycles. The zero-order valence-electron chi connectivity index (χ0n) is 16.1. The van der Waals surface area contributed by atoms with Crippen molar-refractivity contribution >= 4 is 22.5 Å². The molecule has 6 nitrogen and oxygen atoms in total. The average Bonchev–Trinajstić information content (AvgIpc) is 3.16. The Morgan fingerprint density at radius 1 is 1.15 bits per heavy atom. The zero-order chi connectivity index (χ0) is 19.0. The van der Waals surface area contributed by atoms with Gasteiger partial charge in [-0.05, 0) is 43.7 Å². The maximum absolute atomic E-state index is 11.5. The van der Waals surface area contributed by atoms with Crippen molar-refractivity contribution in [2.75, 3.05) is 31.1 Å². The molecule has 2 aromatic heterocycles. The summed E-state index contributed by atoms with van der Waals surface area (Å²) in [7, 11) is 0. The highest BCUT2D eigenvalue weighted by Gasteiger charge is 2.19. The molecule has 4 rings (SSSR count). The fourth-order valence-electron chi connectivity index (χ4n) is 3.77. The van der Waals surface area contributed by atoms with Crippen LogP contribution >= 0.6 is 0 Å².